The Labute approximate surface area is 314 Å². The van der Waals surface area contributed by atoms with E-state index < -0.39 is 0 Å². The molecule has 8 rings (SSSR count). The van der Waals surface area contributed by atoms with Crippen LogP contribution in [0.2, 0.25) is 0 Å². The Morgan fingerprint density at radius 2 is 1.22 bits per heavy atom. The number of fused-ring (bicyclic) bond motifs is 3. The van der Waals surface area contributed by atoms with Gasteiger partial charge >= 0.3 is 0 Å². The van der Waals surface area contributed by atoms with E-state index in [2.05, 4.69) is 117 Å². The van der Waals surface area contributed by atoms with Crippen molar-refractivity contribution < 1.29 is 20.1 Å². The van der Waals surface area contributed by atoms with Gasteiger partial charge in [-0.2, -0.15) is 0 Å². The monoisotopic (exact) mass is 838 g/mol. The van der Waals surface area contributed by atoms with Crippen molar-refractivity contribution in [3.8, 4) is 44.8 Å². The van der Waals surface area contributed by atoms with Crippen LogP contribution < -0.4 is 0 Å². The van der Waals surface area contributed by atoms with Gasteiger partial charge in [0.25, 0.3) is 0 Å². The summed E-state index contributed by atoms with van der Waals surface area (Å²) in [5.41, 5.74) is 13.5. The second kappa shape index (κ2) is 15.3. The van der Waals surface area contributed by atoms with E-state index in [4.69, 9.17) is 4.98 Å². The average Bonchev–Trinajstić information content (AvgIpc) is 3.15. The molecule has 0 aliphatic rings. The van der Waals surface area contributed by atoms with E-state index >= 15 is 0 Å². The first-order valence-corrected chi connectivity index (χ1v) is 17.0. The van der Waals surface area contributed by atoms with Crippen LogP contribution in [0.4, 0.5) is 0 Å². The molecule has 4 heteroatoms. The summed E-state index contributed by atoms with van der Waals surface area (Å²) in [5, 5.41) is 3.68. The van der Waals surface area contributed by atoms with E-state index in [-0.39, 0.29) is 25.5 Å². The summed E-state index contributed by atoms with van der Waals surface area (Å²) in [6.07, 6.45) is 5.50. The average molecular weight is 838 g/mol. The zero-order valence-corrected chi connectivity index (χ0v) is 31.9. The number of nitrogens with zero attached hydrogens (tertiary/aromatic N) is 3. The van der Waals surface area contributed by atoms with Crippen molar-refractivity contribution in [1.29, 1.82) is 0 Å². The fourth-order valence-electron chi connectivity index (χ4n) is 6.32. The molecule has 8 aromatic rings. The molecule has 0 saturated carbocycles. The van der Waals surface area contributed by atoms with E-state index in [0.29, 0.717) is 0 Å². The van der Waals surface area contributed by atoms with E-state index in [0.717, 1.165) is 28.0 Å². The number of rotatable bonds is 4. The van der Waals surface area contributed by atoms with Gasteiger partial charge in [-0.3, -0.25) is 4.98 Å². The summed E-state index contributed by atoms with van der Waals surface area (Å²) in [6.45, 7) is 11.2. The molecule has 0 bridgehead atoms. The molecule has 0 amide bonds. The van der Waals surface area contributed by atoms with E-state index in [1.165, 1.54) is 55.1 Å². The van der Waals surface area contributed by atoms with Gasteiger partial charge in [-0.05, 0) is 87.1 Å². The minimum atomic E-state index is -0.00972. The van der Waals surface area contributed by atoms with Crippen molar-refractivity contribution in [1.82, 2.24) is 15.0 Å². The maximum atomic E-state index is 4.74. The quantitative estimate of drug-likeness (QED) is 0.131. The Bertz CT molecular complexity index is 2380. The van der Waals surface area contributed by atoms with E-state index in [1.54, 1.807) is 6.20 Å². The topological polar surface area (TPSA) is 38.7 Å². The zero-order valence-electron chi connectivity index (χ0n) is 29.5. The first kappa shape index (κ1) is 35.5. The van der Waals surface area contributed by atoms with Crippen LogP contribution in [0.5, 0.6) is 0 Å². The Morgan fingerprint density at radius 1 is 0.529 bits per heavy atom. The molecule has 0 fully saturated rings. The molecule has 253 valence electrons. The van der Waals surface area contributed by atoms with Gasteiger partial charge in [0.1, 0.15) is 0 Å². The predicted octanol–water partition coefficient (Wildman–Crippen LogP) is 12.0. The van der Waals surface area contributed by atoms with Crippen molar-refractivity contribution in [3.05, 3.63) is 175 Å². The number of hydrogen-bond acceptors (Lipinski definition) is 3. The van der Waals surface area contributed by atoms with Crippen molar-refractivity contribution in [3.63, 3.8) is 0 Å². The second-order valence-corrected chi connectivity index (χ2v) is 13.7. The minimum Gasteiger partial charge on any atom is -0.305 e. The third kappa shape index (κ3) is 7.89. The van der Waals surface area contributed by atoms with Crippen LogP contribution in [0.15, 0.2) is 146 Å². The Morgan fingerprint density at radius 3 is 1.88 bits per heavy atom. The van der Waals surface area contributed by atoms with Gasteiger partial charge < -0.3 is 9.97 Å². The van der Waals surface area contributed by atoms with E-state index in [9.17, 15) is 0 Å². The molecule has 0 aliphatic heterocycles. The molecule has 5 aromatic carbocycles. The third-order valence-electron chi connectivity index (χ3n) is 9.04. The van der Waals surface area contributed by atoms with Gasteiger partial charge in [0.2, 0.25) is 0 Å². The van der Waals surface area contributed by atoms with Gasteiger partial charge in [-0.1, -0.05) is 99.5 Å². The number of benzene rings is 5. The predicted molar refractivity (Wildman–Crippen MR) is 209 cm³/mol. The first-order chi connectivity index (χ1) is 24.2. The Balaban J connectivity index is 0.000000291. The van der Waals surface area contributed by atoms with Crippen molar-refractivity contribution in [2.24, 2.45) is 0 Å². The van der Waals surface area contributed by atoms with Crippen LogP contribution >= 0.6 is 0 Å². The van der Waals surface area contributed by atoms with Crippen LogP contribution in [0.3, 0.4) is 0 Å². The Kier molecular flexibility index (Phi) is 10.7. The van der Waals surface area contributed by atoms with Gasteiger partial charge in [-0.25, -0.2) is 0 Å². The number of aryl methyl sites for hydroxylation is 2. The zero-order chi connectivity index (χ0) is 34.7. The molecule has 0 atom stereocenters. The normalized spacial score (nSPS) is 11.1. The maximum absolute atomic E-state index is 4.74. The maximum Gasteiger partial charge on any atom is 0.0714 e. The van der Waals surface area contributed by atoms with Crippen LogP contribution in [-0.4, -0.2) is 15.0 Å². The number of hydrogen-bond donors (Lipinski definition) is 0. The molecular formula is C47H39IrN3-2. The minimum absolute atomic E-state index is 0. The summed E-state index contributed by atoms with van der Waals surface area (Å²) in [6, 6.07) is 50.8. The van der Waals surface area contributed by atoms with Crippen LogP contribution in [0.1, 0.15) is 37.5 Å². The van der Waals surface area contributed by atoms with Crippen molar-refractivity contribution >= 4 is 21.7 Å². The van der Waals surface area contributed by atoms with Gasteiger partial charge in [0.05, 0.1) is 5.52 Å². The van der Waals surface area contributed by atoms with Gasteiger partial charge in [-0.15, -0.1) is 65.2 Å². The number of aromatic nitrogens is 3. The molecule has 3 heterocycles. The first-order valence-electron chi connectivity index (χ1n) is 17.0. The molecule has 3 nitrogen and oxygen atoms in total. The molecule has 0 unspecified atom stereocenters. The molecule has 0 spiro atoms. The summed E-state index contributed by atoms with van der Waals surface area (Å²) in [7, 11) is 0. The number of pyridine rings is 3. The molecular weight excluding hydrogens is 799 g/mol. The molecule has 0 aliphatic carbocycles. The molecule has 51 heavy (non-hydrogen) atoms. The van der Waals surface area contributed by atoms with Crippen molar-refractivity contribution in [2.75, 3.05) is 0 Å². The summed E-state index contributed by atoms with van der Waals surface area (Å²) >= 11 is 0. The molecule has 3 aromatic heterocycles. The van der Waals surface area contributed by atoms with Crippen LogP contribution in [0.25, 0.3) is 66.4 Å². The standard InChI is InChI=1S/C36H31N2.C11H8N.Ir/c1-23-11-14-29-30-9-8-16-38-35(30)22-32(33(29)17-23)27-18-26(19-28(20-27)36(3,4)5)31-21-25(13-12-24(31)2)34-10-6-7-15-37-34;1-2-6-10(7-3-1)11-8-4-5-9-12-11;/h6-12,14-22H,1-5H3;1-6,8-9H;/q2*-1;. The van der Waals surface area contributed by atoms with Crippen molar-refractivity contribution in [2.45, 2.75) is 40.0 Å². The summed E-state index contributed by atoms with van der Waals surface area (Å²) in [5.74, 6) is 0. The largest absolute Gasteiger partial charge is 0.305 e. The summed E-state index contributed by atoms with van der Waals surface area (Å²) in [4.78, 5) is 13.5. The SMILES string of the molecule is Cc1ccc2c(c1)c(-c1cc(-c3cc(-c4ccccn4)[c-]cc3C)cc(C(C)(C)C)c1)cc1ncccc12.[Ir].[c-]1ccccc1-c1ccccn1. The van der Waals surface area contributed by atoms with Gasteiger partial charge in [0, 0.05) is 44.1 Å². The summed E-state index contributed by atoms with van der Waals surface area (Å²) < 4.78 is 0. The van der Waals surface area contributed by atoms with Crippen LogP contribution in [0, 0.1) is 26.0 Å². The van der Waals surface area contributed by atoms with Gasteiger partial charge in [0.15, 0.2) is 0 Å². The smallest absolute Gasteiger partial charge is 0.0714 e. The van der Waals surface area contributed by atoms with E-state index in [1.807, 2.05) is 79.1 Å². The molecule has 0 N–H and O–H groups in total. The molecule has 1 radical (unpaired) electrons. The fraction of sp³-hybridized carbons (Fsp3) is 0.128. The Hall–Kier alpha value is -5.28. The molecule has 0 saturated heterocycles. The third-order valence-corrected chi connectivity index (χ3v) is 9.04. The second-order valence-electron chi connectivity index (χ2n) is 13.7. The van der Waals surface area contributed by atoms with Crippen LogP contribution in [-0.2, 0) is 25.5 Å². The fourth-order valence-corrected chi connectivity index (χ4v) is 6.32.